The number of halogens is 2. The summed E-state index contributed by atoms with van der Waals surface area (Å²) in [4.78, 5) is 0.232. The molecule has 2 atom stereocenters. The van der Waals surface area contributed by atoms with Gasteiger partial charge in [0.2, 0.25) is 10.0 Å². The Morgan fingerprint density at radius 3 is 2.55 bits per heavy atom. The van der Waals surface area contributed by atoms with Gasteiger partial charge in [0.05, 0.1) is 16.5 Å². The summed E-state index contributed by atoms with van der Waals surface area (Å²) in [5.74, 6) is 0. The first-order valence-electron chi connectivity index (χ1n) is 6.27. The molecule has 1 N–H and O–H groups in total. The maximum Gasteiger partial charge on any atom is 0.242 e. The first-order valence-corrected chi connectivity index (χ1v) is 9.34. The van der Waals surface area contributed by atoms with Crippen LogP contribution in [0.3, 0.4) is 0 Å². The van der Waals surface area contributed by atoms with Gasteiger partial charge in [-0.1, -0.05) is 15.9 Å². The molecule has 2 unspecified atom stereocenters. The Kier molecular flexibility index (Phi) is 4.67. The van der Waals surface area contributed by atoms with E-state index in [2.05, 4.69) is 36.6 Å². The topological polar surface area (TPSA) is 55.4 Å². The standard InChI is InChI=1S/C13H17Br2NO3S/c1-8-6-11(15)12(7-10(8)14)20(17,18)16-13(3)4-5-19-9(13)2/h6-7,9,16H,4-5H2,1-3H3. The van der Waals surface area contributed by atoms with Gasteiger partial charge in [-0.3, -0.25) is 0 Å². The van der Waals surface area contributed by atoms with Gasteiger partial charge in [-0.15, -0.1) is 0 Å². The highest BCUT2D eigenvalue weighted by atomic mass is 79.9. The van der Waals surface area contributed by atoms with Crippen LogP contribution in [0.4, 0.5) is 0 Å². The highest BCUT2D eigenvalue weighted by molar-refractivity contribution is 9.11. The van der Waals surface area contributed by atoms with Gasteiger partial charge >= 0.3 is 0 Å². The van der Waals surface area contributed by atoms with Crippen LogP contribution in [0.25, 0.3) is 0 Å². The van der Waals surface area contributed by atoms with E-state index in [1.165, 1.54) is 0 Å². The second-order valence-electron chi connectivity index (χ2n) is 5.32. The molecule has 0 spiro atoms. The first-order chi connectivity index (χ1) is 9.16. The molecule has 0 saturated carbocycles. The summed E-state index contributed by atoms with van der Waals surface area (Å²) in [6.45, 7) is 6.24. The number of hydrogen-bond donors (Lipinski definition) is 1. The van der Waals surface area contributed by atoms with E-state index < -0.39 is 15.6 Å². The van der Waals surface area contributed by atoms with Crippen molar-refractivity contribution in [2.24, 2.45) is 0 Å². The minimum atomic E-state index is -3.61. The van der Waals surface area contributed by atoms with Crippen molar-refractivity contribution in [3.8, 4) is 0 Å². The number of hydrogen-bond acceptors (Lipinski definition) is 3. The fourth-order valence-electron chi connectivity index (χ4n) is 2.16. The van der Waals surface area contributed by atoms with E-state index >= 15 is 0 Å². The molecule has 0 amide bonds. The van der Waals surface area contributed by atoms with Crippen molar-refractivity contribution in [3.63, 3.8) is 0 Å². The van der Waals surface area contributed by atoms with Crippen LogP contribution in [-0.2, 0) is 14.8 Å². The third-order valence-corrected chi connectivity index (χ3v) is 7.18. The Morgan fingerprint density at radius 2 is 2.00 bits per heavy atom. The second-order valence-corrected chi connectivity index (χ2v) is 8.68. The third-order valence-electron chi connectivity index (χ3n) is 3.76. The Bertz CT molecular complexity index is 633. The van der Waals surface area contributed by atoms with Gasteiger partial charge in [-0.25, -0.2) is 13.1 Å². The fraction of sp³-hybridized carbons (Fsp3) is 0.538. The summed E-state index contributed by atoms with van der Waals surface area (Å²) in [7, 11) is -3.61. The van der Waals surface area contributed by atoms with Gasteiger partial charge < -0.3 is 4.74 Å². The zero-order valence-corrected chi connectivity index (χ0v) is 15.5. The average molecular weight is 427 g/mol. The molecule has 0 radical (unpaired) electrons. The van der Waals surface area contributed by atoms with E-state index in [0.717, 1.165) is 10.0 Å². The molecule has 4 nitrogen and oxygen atoms in total. The largest absolute Gasteiger partial charge is 0.376 e. The van der Waals surface area contributed by atoms with E-state index in [4.69, 9.17) is 4.74 Å². The lowest BCUT2D eigenvalue weighted by atomic mass is 9.97. The number of aryl methyl sites for hydroxylation is 1. The summed E-state index contributed by atoms with van der Waals surface area (Å²) >= 11 is 6.70. The monoisotopic (exact) mass is 425 g/mol. The van der Waals surface area contributed by atoms with Crippen LogP contribution >= 0.6 is 31.9 Å². The highest BCUT2D eigenvalue weighted by Gasteiger charge is 2.41. The van der Waals surface area contributed by atoms with Gasteiger partial charge in [-0.05, 0) is 60.8 Å². The van der Waals surface area contributed by atoms with Gasteiger partial charge in [0.15, 0.2) is 0 Å². The Labute approximate surface area is 136 Å². The minimum absolute atomic E-state index is 0.148. The molecule has 1 heterocycles. The molecule has 20 heavy (non-hydrogen) atoms. The van der Waals surface area contributed by atoms with E-state index in [9.17, 15) is 8.42 Å². The van der Waals surface area contributed by atoms with Crippen molar-refractivity contribution >= 4 is 41.9 Å². The first kappa shape index (κ1) is 16.4. The lowest BCUT2D eigenvalue weighted by Crippen LogP contribution is -2.50. The number of nitrogens with one attached hydrogen (secondary N) is 1. The van der Waals surface area contributed by atoms with Crippen molar-refractivity contribution in [1.29, 1.82) is 0 Å². The Hall–Kier alpha value is 0.0500. The molecule has 1 aromatic carbocycles. The zero-order valence-electron chi connectivity index (χ0n) is 11.5. The number of benzene rings is 1. The van der Waals surface area contributed by atoms with E-state index in [0.29, 0.717) is 17.5 Å². The smallest absolute Gasteiger partial charge is 0.242 e. The van der Waals surface area contributed by atoms with Crippen molar-refractivity contribution in [2.75, 3.05) is 6.61 Å². The quantitative estimate of drug-likeness (QED) is 0.805. The third kappa shape index (κ3) is 3.11. The lowest BCUT2D eigenvalue weighted by molar-refractivity contribution is 0.0957. The molecule has 1 fully saturated rings. The number of ether oxygens (including phenoxy) is 1. The van der Waals surface area contributed by atoms with Gasteiger partial charge in [0.1, 0.15) is 0 Å². The summed E-state index contributed by atoms with van der Waals surface area (Å²) in [6, 6.07) is 3.40. The second kappa shape index (κ2) is 5.68. The summed E-state index contributed by atoms with van der Waals surface area (Å²) in [5, 5.41) is 0. The predicted molar refractivity (Wildman–Crippen MR) is 85.3 cm³/mol. The molecule has 1 aromatic rings. The maximum absolute atomic E-state index is 12.6. The van der Waals surface area contributed by atoms with Crippen LogP contribution in [0.2, 0.25) is 0 Å². The van der Waals surface area contributed by atoms with Gasteiger partial charge in [0, 0.05) is 15.6 Å². The van der Waals surface area contributed by atoms with E-state index in [1.54, 1.807) is 12.1 Å². The lowest BCUT2D eigenvalue weighted by Gasteiger charge is -2.28. The van der Waals surface area contributed by atoms with Crippen molar-refractivity contribution < 1.29 is 13.2 Å². The van der Waals surface area contributed by atoms with Crippen LogP contribution in [0, 0.1) is 6.92 Å². The SMILES string of the molecule is Cc1cc(Br)c(S(=O)(=O)NC2(C)CCOC2C)cc1Br. The van der Waals surface area contributed by atoms with E-state index in [-0.39, 0.29) is 11.0 Å². The fourth-order valence-corrected chi connectivity index (χ4v) is 5.34. The zero-order chi connectivity index (χ0) is 15.1. The maximum atomic E-state index is 12.6. The van der Waals surface area contributed by atoms with Crippen molar-refractivity contribution in [3.05, 3.63) is 26.6 Å². The minimum Gasteiger partial charge on any atom is -0.376 e. The molecule has 112 valence electrons. The molecule has 1 aliphatic rings. The van der Waals surface area contributed by atoms with Crippen LogP contribution in [0.5, 0.6) is 0 Å². The molecule has 1 saturated heterocycles. The van der Waals surface area contributed by atoms with Crippen LogP contribution < -0.4 is 4.72 Å². The van der Waals surface area contributed by atoms with Gasteiger partial charge in [-0.2, -0.15) is 0 Å². The van der Waals surface area contributed by atoms with Crippen LogP contribution in [-0.4, -0.2) is 26.7 Å². The Balaban J connectivity index is 2.39. The molecule has 1 aliphatic heterocycles. The van der Waals surface area contributed by atoms with E-state index in [1.807, 2.05) is 20.8 Å². The average Bonchev–Trinajstić information content (AvgIpc) is 2.63. The highest BCUT2D eigenvalue weighted by Crippen LogP contribution is 2.32. The number of rotatable bonds is 3. The summed E-state index contributed by atoms with van der Waals surface area (Å²) in [6.07, 6.45) is 0.517. The van der Waals surface area contributed by atoms with Crippen LogP contribution in [0.1, 0.15) is 25.8 Å². The van der Waals surface area contributed by atoms with Gasteiger partial charge in [0.25, 0.3) is 0 Å². The molecule has 0 aromatic heterocycles. The molecular weight excluding hydrogens is 410 g/mol. The van der Waals surface area contributed by atoms with Crippen LogP contribution in [0.15, 0.2) is 26.0 Å². The molecule has 0 aliphatic carbocycles. The summed E-state index contributed by atoms with van der Waals surface area (Å²) in [5.41, 5.74) is 0.398. The van der Waals surface area contributed by atoms with Crippen molar-refractivity contribution in [1.82, 2.24) is 4.72 Å². The molecule has 0 bridgehead atoms. The Morgan fingerprint density at radius 1 is 1.35 bits per heavy atom. The number of sulfonamides is 1. The summed E-state index contributed by atoms with van der Waals surface area (Å²) < 4.78 is 34.8. The van der Waals surface area contributed by atoms with Crippen molar-refractivity contribution in [2.45, 2.75) is 43.7 Å². The predicted octanol–water partition coefficient (Wildman–Crippen LogP) is 3.37. The normalized spacial score (nSPS) is 26.9. The molecule has 2 rings (SSSR count). The molecular formula is C13H17Br2NO3S. The molecule has 7 heteroatoms.